The summed E-state index contributed by atoms with van der Waals surface area (Å²) in [6, 6.07) is 13.3. The van der Waals surface area contributed by atoms with Crippen LogP contribution in [0.4, 0.5) is 11.5 Å². The van der Waals surface area contributed by atoms with E-state index in [4.69, 9.17) is 18.7 Å². The molecule has 2 aromatic carbocycles. The van der Waals surface area contributed by atoms with Gasteiger partial charge in [-0.1, -0.05) is 11.2 Å². The molecule has 0 unspecified atom stereocenters. The van der Waals surface area contributed by atoms with Gasteiger partial charge in [0.05, 0.1) is 10.9 Å². The summed E-state index contributed by atoms with van der Waals surface area (Å²) in [6.07, 6.45) is 3.12. The number of carbonyl (C=O) groups is 1. The van der Waals surface area contributed by atoms with Gasteiger partial charge in [0.2, 0.25) is 0 Å². The quantitative estimate of drug-likeness (QED) is 0.298. The third-order valence-electron chi connectivity index (χ3n) is 6.64. The number of aryl methyl sites for hydroxylation is 2. The predicted octanol–water partition coefficient (Wildman–Crippen LogP) is 4.27. The number of ketones is 1. The van der Waals surface area contributed by atoms with Crippen molar-refractivity contribution >= 4 is 28.2 Å². The van der Waals surface area contributed by atoms with Gasteiger partial charge < -0.3 is 29.4 Å². The van der Waals surface area contributed by atoms with Crippen molar-refractivity contribution in [2.24, 2.45) is 0 Å². The van der Waals surface area contributed by atoms with Gasteiger partial charge in [-0.3, -0.25) is 4.79 Å². The number of hydrogen-bond acceptors (Lipinski definition) is 10. The van der Waals surface area contributed by atoms with Crippen LogP contribution in [0.15, 0.2) is 53.3 Å². The fourth-order valence-electron chi connectivity index (χ4n) is 4.68. The molecule has 198 valence electrons. The zero-order chi connectivity index (χ0) is 26.5. The van der Waals surface area contributed by atoms with Crippen molar-refractivity contribution < 1.29 is 23.5 Å². The number of benzene rings is 2. The van der Waals surface area contributed by atoms with Gasteiger partial charge >= 0.3 is 0 Å². The van der Waals surface area contributed by atoms with Gasteiger partial charge in [0, 0.05) is 18.9 Å². The zero-order valence-electron chi connectivity index (χ0n) is 21.7. The number of anilines is 2. The molecule has 5 rings (SSSR count). The van der Waals surface area contributed by atoms with Crippen molar-refractivity contribution in [3.63, 3.8) is 0 Å². The molecule has 10 nitrogen and oxygen atoms in total. The van der Waals surface area contributed by atoms with Crippen molar-refractivity contribution in [2.75, 3.05) is 32.2 Å². The molecule has 0 bridgehead atoms. The highest BCUT2D eigenvalue weighted by atomic mass is 16.5. The van der Waals surface area contributed by atoms with Gasteiger partial charge in [0.15, 0.2) is 5.78 Å². The predicted molar refractivity (Wildman–Crippen MR) is 142 cm³/mol. The number of hydrogen-bond donors (Lipinski definition) is 2. The molecule has 1 aliphatic heterocycles. The summed E-state index contributed by atoms with van der Waals surface area (Å²) in [6.45, 7) is 5.15. The standard InChI is InChI=1S/C28H31N5O5/c1-18-12-20(8-9-23(18)36-14-21-13-19(2)38-33-21)32-27-26-22(29-17-30-27)6-4-7-24(26)37-16-28(10-5-11-31-28)25(34)15-35-3/h4,6-9,12-13,17,31H,5,10-11,14-16H2,1-3H3,(H,29,30,32)/t28-/m1/s1. The lowest BCUT2D eigenvalue weighted by atomic mass is 9.93. The molecule has 0 aliphatic carbocycles. The highest BCUT2D eigenvalue weighted by molar-refractivity contribution is 5.96. The number of methoxy groups -OCH3 is 1. The van der Waals surface area contributed by atoms with Crippen LogP contribution < -0.4 is 20.1 Å². The van der Waals surface area contributed by atoms with Gasteiger partial charge in [-0.2, -0.15) is 0 Å². The summed E-state index contributed by atoms with van der Waals surface area (Å²) in [7, 11) is 1.53. The molecule has 10 heteroatoms. The van der Waals surface area contributed by atoms with Crippen LogP contribution in [0, 0.1) is 13.8 Å². The number of aromatic nitrogens is 3. The molecule has 0 radical (unpaired) electrons. The fourth-order valence-corrected chi connectivity index (χ4v) is 4.68. The highest BCUT2D eigenvalue weighted by Gasteiger charge is 2.41. The number of nitrogens with one attached hydrogen (secondary N) is 2. The average Bonchev–Trinajstić information content (AvgIpc) is 3.57. The average molecular weight is 518 g/mol. The van der Waals surface area contributed by atoms with Crippen LogP contribution in [0.2, 0.25) is 0 Å². The van der Waals surface area contributed by atoms with E-state index in [2.05, 4.69) is 25.8 Å². The number of rotatable bonds is 11. The second-order valence-electron chi connectivity index (χ2n) is 9.45. The lowest BCUT2D eigenvalue weighted by Gasteiger charge is -2.28. The van der Waals surface area contributed by atoms with Crippen LogP contribution in [-0.4, -0.2) is 53.3 Å². The Labute approximate surface area is 220 Å². The molecule has 2 aromatic heterocycles. The first-order chi connectivity index (χ1) is 18.5. The second-order valence-corrected chi connectivity index (χ2v) is 9.45. The Balaban J connectivity index is 1.36. The number of carbonyl (C=O) groups excluding carboxylic acids is 1. The van der Waals surface area contributed by atoms with E-state index in [1.165, 1.54) is 13.4 Å². The molecule has 1 saturated heterocycles. The van der Waals surface area contributed by atoms with Gasteiger partial charge in [-0.25, -0.2) is 9.97 Å². The first kappa shape index (κ1) is 25.6. The smallest absolute Gasteiger partial charge is 0.181 e. The molecule has 38 heavy (non-hydrogen) atoms. The van der Waals surface area contributed by atoms with Crippen LogP contribution in [0.5, 0.6) is 11.5 Å². The lowest BCUT2D eigenvalue weighted by Crippen LogP contribution is -2.53. The van der Waals surface area contributed by atoms with E-state index in [0.717, 1.165) is 52.3 Å². The van der Waals surface area contributed by atoms with Crippen molar-refractivity contribution in [3.8, 4) is 11.5 Å². The summed E-state index contributed by atoms with van der Waals surface area (Å²) in [5.41, 5.74) is 2.50. The largest absolute Gasteiger partial charge is 0.490 e. The van der Waals surface area contributed by atoms with E-state index < -0.39 is 5.54 Å². The van der Waals surface area contributed by atoms with Crippen molar-refractivity contribution in [2.45, 2.75) is 38.8 Å². The summed E-state index contributed by atoms with van der Waals surface area (Å²) in [4.78, 5) is 21.8. The molecule has 1 aliphatic rings. The summed E-state index contributed by atoms with van der Waals surface area (Å²) in [5, 5.41) is 11.4. The van der Waals surface area contributed by atoms with E-state index in [0.29, 0.717) is 24.6 Å². The maximum absolute atomic E-state index is 12.8. The lowest BCUT2D eigenvalue weighted by molar-refractivity contribution is -0.129. The number of nitrogens with zero attached hydrogens (tertiary/aromatic N) is 3. The topological polar surface area (TPSA) is 121 Å². The normalized spacial score (nSPS) is 17.0. The van der Waals surface area contributed by atoms with E-state index in [-0.39, 0.29) is 19.0 Å². The van der Waals surface area contributed by atoms with Crippen LogP contribution in [0.3, 0.4) is 0 Å². The molecule has 2 N–H and O–H groups in total. The first-order valence-corrected chi connectivity index (χ1v) is 12.5. The van der Waals surface area contributed by atoms with Crippen LogP contribution in [0.25, 0.3) is 10.9 Å². The van der Waals surface area contributed by atoms with E-state index >= 15 is 0 Å². The molecule has 4 aromatic rings. The van der Waals surface area contributed by atoms with E-state index in [1.807, 2.05) is 56.3 Å². The SMILES string of the molecule is COCC(=O)[C@]1(COc2cccc3ncnc(Nc4ccc(OCc5cc(C)on5)c(C)c4)c23)CCCN1. The molecular formula is C28H31N5O5. The Bertz CT molecular complexity index is 1430. The number of ether oxygens (including phenoxy) is 3. The first-order valence-electron chi connectivity index (χ1n) is 12.5. The third kappa shape index (κ3) is 5.46. The van der Waals surface area contributed by atoms with Gasteiger partial charge in [-0.15, -0.1) is 0 Å². The summed E-state index contributed by atoms with van der Waals surface area (Å²) >= 11 is 0. The Morgan fingerprint density at radius 3 is 2.76 bits per heavy atom. The van der Waals surface area contributed by atoms with Crippen molar-refractivity contribution in [1.82, 2.24) is 20.4 Å². The second kappa shape index (κ2) is 11.2. The van der Waals surface area contributed by atoms with Crippen molar-refractivity contribution in [1.29, 1.82) is 0 Å². The Kier molecular flexibility index (Phi) is 7.52. The summed E-state index contributed by atoms with van der Waals surface area (Å²) in [5.74, 6) is 2.69. The zero-order valence-corrected chi connectivity index (χ0v) is 21.7. The minimum Gasteiger partial charge on any atom is -0.490 e. The number of fused-ring (bicyclic) bond motifs is 1. The Morgan fingerprint density at radius 2 is 2.03 bits per heavy atom. The van der Waals surface area contributed by atoms with Crippen LogP contribution in [0.1, 0.15) is 29.9 Å². The Morgan fingerprint density at radius 1 is 1.13 bits per heavy atom. The van der Waals surface area contributed by atoms with Crippen LogP contribution >= 0.6 is 0 Å². The van der Waals surface area contributed by atoms with Crippen LogP contribution in [-0.2, 0) is 16.1 Å². The molecule has 3 heterocycles. The summed E-state index contributed by atoms with van der Waals surface area (Å²) < 4.78 is 22.4. The van der Waals surface area contributed by atoms with Crippen molar-refractivity contribution in [3.05, 3.63) is 65.8 Å². The number of Topliss-reactive ketones (excluding diaryl/α,β-unsaturated/α-hetero) is 1. The fraction of sp³-hybridized carbons (Fsp3) is 0.357. The maximum atomic E-state index is 12.8. The monoisotopic (exact) mass is 517 g/mol. The highest BCUT2D eigenvalue weighted by Crippen LogP contribution is 2.34. The van der Waals surface area contributed by atoms with E-state index in [9.17, 15) is 4.79 Å². The van der Waals surface area contributed by atoms with Gasteiger partial charge in [-0.05, 0) is 69.1 Å². The molecule has 0 amide bonds. The maximum Gasteiger partial charge on any atom is 0.181 e. The molecule has 1 atom stereocenters. The van der Waals surface area contributed by atoms with Gasteiger partial charge in [0.25, 0.3) is 0 Å². The minimum atomic E-state index is -0.765. The molecule has 1 fully saturated rings. The molecular weight excluding hydrogens is 486 g/mol. The van der Waals surface area contributed by atoms with E-state index in [1.54, 1.807) is 0 Å². The molecule has 0 spiro atoms. The van der Waals surface area contributed by atoms with Gasteiger partial charge in [0.1, 0.15) is 60.5 Å². The third-order valence-corrected chi connectivity index (χ3v) is 6.64. The molecule has 0 saturated carbocycles. The minimum absolute atomic E-state index is 0.0104. The Hall–Kier alpha value is -4.02.